The minimum absolute atomic E-state index is 0.0575. The third-order valence-corrected chi connectivity index (χ3v) is 9.12. The van der Waals surface area contributed by atoms with Crippen molar-refractivity contribution in [1.82, 2.24) is 9.62 Å². The number of carbonyl (C=O) groups excluding carboxylic acids is 1. The SMILES string of the molecule is C[SH](C)(=O)N1CCC(CNC(=O)c2ccc3c(c2)CCCN3Cc2ccc(Cl)cc2C(F)(F)F)CC1. The van der Waals surface area contributed by atoms with Crippen LogP contribution in [0.25, 0.3) is 0 Å². The van der Waals surface area contributed by atoms with E-state index in [1.807, 2.05) is 21.3 Å². The number of rotatable bonds is 6. The number of nitrogens with zero attached hydrogens (tertiary/aromatic N) is 2. The average molecular weight is 544 g/mol. The quantitative estimate of drug-likeness (QED) is 0.507. The van der Waals surface area contributed by atoms with Crippen molar-refractivity contribution in [2.45, 2.75) is 38.4 Å². The van der Waals surface area contributed by atoms with Crippen molar-refractivity contribution in [2.75, 3.05) is 43.6 Å². The number of hydrogen-bond donors (Lipinski definition) is 2. The van der Waals surface area contributed by atoms with Crippen LogP contribution in [0, 0.1) is 5.92 Å². The van der Waals surface area contributed by atoms with Gasteiger partial charge in [0, 0.05) is 61.5 Å². The van der Waals surface area contributed by atoms with Gasteiger partial charge in [-0.3, -0.25) is 9.00 Å². The normalized spacial score (nSPS) is 18.1. The summed E-state index contributed by atoms with van der Waals surface area (Å²) in [5, 5.41) is 3.09. The monoisotopic (exact) mass is 543 g/mol. The molecule has 0 bridgehead atoms. The molecule has 1 fully saturated rings. The maximum atomic E-state index is 13.6. The average Bonchev–Trinajstić information content (AvgIpc) is 2.82. The Morgan fingerprint density at radius 3 is 2.50 bits per heavy atom. The molecule has 0 radical (unpaired) electrons. The molecule has 0 spiro atoms. The highest BCUT2D eigenvalue weighted by atomic mass is 35.5. The second-order valence-electron chi connectivity index (χ2n) is 10.1. The summed E-state index contributed by atoms with van der Waals surface area (Å²) in [4.78, 5) is 14.8. The summed E-state index contributed by atoms with van der Waals surface area (Å²) in [6, 6.07) is 9.33. The Bertz CT molecular complexity index is 1160. The van der Waals surface area contributed by atoms with Crippen LogP contribution in [0.2, 0.25) is 5.02 Å². The van der Waals surface area contributed by atoms with E-state index in [9.17, 15) is 22.2 Å². The number of fused-ring (bicyclic) bond motifs is 1. The molecule has 2 aromatic rings. The largest absolute Gasteiger partial charge is 0.416 e. The Balaban J connectivity index is 1.41. The maximum Gasteiger partial charge on any atom is 0.416 e. The standard InChI is InChI=1S/C26H33ClF3N3O2S/c1-36(2,35)33-12-9-18(10-13-33)16-31-25(34)20-6-8-24-19(14-20)4-3-11-32(24)17-21-5-7-22(27)15-23(21)26(28,29)30/h5-8,14-15,18,36H,3-4,9-13,16-17H2,1-2H3,(H,31,34). The summed E-state index contributed by atoms with van der Waals surface area (Å²) in [7, 11) is -2.23. The fourth-order valence-corrected chi connectivity index (χ4v) is 6.45. The molecule has 0 saturated carbocycles. The molecule has 1 saturated heterocycles. The van der Waals surface area contributed by atoms with Gasteiger partial charge in [0.25, 0.3) is 5.91 Å². The fraction of sp³-hybridized carbons (Fsp3) is 0.500. The number of carbonyl (C=O) groups is 1. The van der Waals surface area contributed by atoms with Gasteiger partial charge in [-0.25, -0.2) is 4.31 Å². The molecule has 10 heteroatoms. The predicted molar refractivity (Wildman–Crippen MR) is 140 cm³/mol. The molecule has 2 aromatic carbocycles. The van der Waals surface area contributed by atoms with Gasteiger partial charge in [-0.1, -0.05) is 27.8 Å². The van der Waals surface area contributed by atoms with Crippen LogP contribution in [0.15, 0.2) is 36.4 Å². The zero-order valence-corrected chi connectivity index (χ0v) is 22.2. The van der Waals surface area contributed by atoms with E-state index in [1.165, 1.54) is 12.1 Å². The number of aryl methyl sites for hydroxylation is 1. The van der Waals surface area contributed by atoms with Crippen molar-refractivity contribution in [3.63, 3.8) is 0 Å². The van der Waals surface area contributed by atoms with E-state index < -0.39 is 21.9 Å². The number of benzene rings is 2. The Morgan fingerprint density at radius 1 is 1.11 bits per heavy atom. The number of amides is 1. The van der Waals surface area contributed by atoms with Crippen LogP contribution in [0.3, 0.4) is 0 Å². The lowest BCUT2D eigenvalue weighted by Gasteiger charge is -2.37. The molecule has 2 heterocycles. The molecule has 198 valence electrons. The van der Waals surface area contributed by atoms with Crippen LogP contribution in [-0.2, 0) is 29.3 Å². The molecule has 0 unspecified atom stereocenters. The van der Waals surface area contributed by atoms with Crippen LogP contribution < -0.4 is 10.2 Å². The minimum Gasteiger partial charge on any atom is -0.367 e. The summed E-state index contributed by atoms with van der Waals surface area (Å²) in [5.74, 6) is 0.207. The van der Waals surface area contributed by atoms with Crippen molar-refractivity contribution in [3.05, 3.63) is 63.7 Å². The number of halogens is 4. The molecule has 0 aromatic heterocycles. The summed E-state index contributed by atoms with van der Waals surface area (Å²) in [6.45, 7) is 2.89. The van der Waals surface area contributed by atoms with Crippen molar-refractivity contribution in [3.8, 4) is 0 Å². The third-order valence-electron chi connectivity index (χ3n) is 7.12. The first-order valence-corrected chi connectivity index (χ1v) is 15.2. The molecule has 0 atom stereocenters. The lowest BCUT2D eigenvalue weighted by Crippen LogP contribution is -2.43. The molecule has 2 aliphatic rings. The Morgan fingerprint density at radius 2 is 1.83 bits per heavy atom. The maximum absolute atomic E-state index is 13.6. The molecule has 2 aliphatic heterocycles. The third kappa shape index (κ3) is 6.42. The van der Waals surface area contributed by atoms with Crippen molar-refractivity contribution in [2.24, 2.45) is 5.92 Å². The molecule has 1 amide bonds. The number of alkyl halides is 3. The van der Waals surface area contributed by atoms with Gasteiger partial charge in [0.05, 0.1) is 5.56 Å². The number of hydrogen-bond acceptors (Lipinski definition) is 3. The number of nitrogens with one attached hydrogen (secondary N) is 1. The van der Waals surface area contributed by atoms with Gasteiger partial charge in [0.1, 0.15) is 0 Å². The van der Waals surface area contributed by atoms with Crippen LogP contribution in [-0.4, -0.2) is 53.1 Å². The summed E-state index contributed by atoms with van der Waals surface area (Å²) < 4.78 is 55.0. The van der Waals surface area contributed by atoms with Gasteiger partial charge in [0.2, 0.25) is 0 Å². The van der Waals surface area contributed by atoms with E-state index in [1.54, 1.807) is 18.6 Å². The summed E-state index contributed by atoms with van der Waals surface area (Å²) in [5.41, 5.74) is 1.84. The van der Waals surface area contributed by atoms with Crippen LogP contribution in [0.1, 0.15) is 46.3 Å². The fourth-order valence-electron chi connectivity index (χ4n) is 5.08. The van der Waals surface area contributed by atoms with Gasteiger partial charge < -0.3 is 10.2 Å². The van der Waals surface area contributed by atoms with Gasteiger partial charge in [-0.2, -0.15) is 13.2 Å². The Hall–Kier alpha value is -2.10. The zero-order chi connectivity index (χ0) is 26.1. The number of thiol groups is 1. The highest BCUT2D eigenvalue weighted by Gasteiger charge is 2.34. The molecular formula is C26H33ClF3N3O2S. The molecular weight excluding hydrogens is 511 g/mol. The van der Waals surface area contributed by atoms with Crippen LogP contribution in [0.5, 0.6) is 0 Å². The van der Waals surface area contributed by atoms with E-state index in [-0.39, 0.29) is 23.0 Å². The van der Waals surface area contributed by atoms with Crippen LogP contribution in [0.4, 0.5) is 18.9 Å². The van der Waals surface area contributed by atoms with Gasteiger partial charge in [-0.05, 0) is 73.1 Å². The van der Waals surface area contributed by atoms with Crippen molar-refractivity contribution >= 4 is 33.3 Å². The summed E-state index contributed by atoms with van der Waals surface area (Å²) in [6.07, 6.45) is 2.46. The lowest BCUT2D eigenvalue weighted by atomic mass is 9.96. The highest BCUT2D eigenvalue weighted by Crippen LogP contribution is 2.36. The predicted octanol–water partition coefficient (Wildman–Crippen LogP) is 4.94. The smallest absolute Gasteiger partial charge is 0.367 e. The lowest BCUT2D eigenvalue weighted by molar-refractivity contribution is -0.138. The highest BCUT2D eigenvalue weighted by molar-refractivity contribution is 7.99. The molecule has 1 N–H and O–H groups in total. The van der Waals surface area contributed by atoms with Gasteiger partial charge in [0.15, 0.2) is 0 Å². The first-order valence-electron chi connectivity index (χ1n) is 12.2. The zero-order valence-electron chi connectivity index (χ0n) is 20.6. The van der Waals surface area contributed by atoms with E-state index >= 15 is 0 Å². The number of anilines is 1. The van der Waals surface area contributed by atoms with Crippen molar-refractivity contribution in [1.29, 1.82) is 0 Å². The topological polar surface area (TPSA) is 52.7 Å². The second-order valence-corrected chi connectivity index (χ2v) is 13.7. The van der Waals surface area contributed by atoms with E-state index in [0.29, 0.717) is 24.6 Å². The Kier molecular flexibility index (Phi) is 8.02. The van der Waals surface area contributed by atoms with E-state index in [0.717, 1.165) is 56.1 Å². The number of piperidine rings is 1. The minimum atomic E-state index is -4.48. The molecule has 4 rings (SSSR count). The second kappa shape index (κ2) is 10.7. The Labute approximate surface area is 216 Å². The van der Waals surface area contributed by atoms with Gasteiger partial charge in [-0.15, -0.1) is 0 Å². The van der Waals surface area contributed by atoms with Crippen molar-refractivity contribution < 1.29 is 22.2 Å². The van der Waals surface area contributed by atoms with Crippen LogP contribution >= 0.6 is 11.6 Å². The summed E-state index contributed by atoms with van der Waals surface area (Å²) >= 11 is 5.83. The first-order chi connectivity index (χ1) is 16.9. The first kappa shape index (κ1) is 26.9. The van der Waals surface area contributed by atoms with Gasteiger partial charge >= 0.3 is 6.18 Å². The van der Waals surface area contributed by atoms with E-state index in [2.05, 4.69) is 5.32 Å². The molecule has 0 aliphatic carbocycles. The molecule has 36 heavy (non-hydrogen) atoms. The molecule has 5 nitrogen and oxygen atoms in total. The van der Waals surface area contributed by atoms with E-state index in [4.69, 9.17) is 11.6 Å².